The highest BCUT2D eigenvalue weighted by Crippen LogP contribution is 2.34. The standard InChI is InChI=1S/C22H21N3O3/c1-28-20-15-17(9-10-19(20)25-13-5-8-21(25)26)23-22(27)16-6-4-7-18(14-16)24-11-2-3-12-24/h2-4,6-7,9-12,14-15H,5,8,13H2,1H3,(H,23,27). The van der Waals surface area contributed by atoms with Gasteiger partial charge in [-0.1, -0.05) is 6.07 Å². The zero-order chi connectivity index (χ0) is 19.5. The van der Waals surface area contributed by atoms with Crippen LogP contribution in [0.3, 0.4) is 0 Å². The molecule has 2 amide bonds. The highest BCUT2D eigenvalue weighted by Gasteiger charge is 2.24. The Labute approximate surface area is 163 Å². The van der Waals surface area contributed by atoms with E-state index in [1.54, 1.807) is 30.2 Å². The largest absolute Gasteiger partial charge is 0.494 e. The van der Waals surface area contributed by atoms with E-state index in [4.69, 9.17) is 4.74 Å². The maximum absolute atomic E-state index is 12.7. The molecule has 6 nitrogen and oxygen atoms in total. The lowest BCUT2D eigenvalue weighted by atomic mass is 10.1. The van der Waals surface area contributed by atoms with Gasteiger partial charge < -0.3 is 19.5 Å². The van der Waals surface area contributed by atoms with E-state index in [2.05, 4.69) is 5.32 Å². The van der Waals surface area contributed by atoms with Gasteiger partial charge in [-0.25, -0.2) is 0 Å². The van der Waals surface area contributed by atoms with E-state index in [1.165, 1.54) is 0 Å². The monoisotopic (exact) mass is 375 g/mol. The fourth-order valence-corrected chi connectivity index (χ4v) is 3.40. The third-order valence-electron chi connectivity index (χ3n) is 4.81. The van der Waals surface area contributed by atoms with Crippen molar-refractivity contribution in [3.05, 3.63) is 72.6 Å². The minimum atomic E-state index is -0.207. The van der Waals surface area contributed by atoms with Crippen molar-refractivity contribution in [3.8, 4) is 11.4 Å². The first-order chi connectivity index (χ1) is 13.7. The van der Waals surface area contributed by atoms with Crippen molar-refractivity contribution in [1.82, 2.24) is 4.57 Å². The van der Waals surface area contributed by atoms with Crippen LogP contribution in [0.1, 0.15) is 23.2 Å². The SMILES string of the molecule is COc1cc(NC(=O)c2cccc(-n3cccc3)c2)ccc1N1CCCC1=O. The van der Waals surface area contributed by atoms with Crippen molar-refractivity contribution in [1.29, 1.82) is 0 Å². The van der Waals surface area contributed by atoms with E-state index in [0.29, 0.717) is 30.0 Å². The number of rotatable bonds is 5. The van der Waals surface area contributed by atoms with Crippen LogP contribution in [0.25, 0.3) is 5.69 Å². The first-order valence-corrected chi connectivity index (χ1v) is 9.19. The molecule has 1 aromatic heterocycles. The van der Waals surface area contributed by atoms with Crippen LogP contribution in [0, 0.1) is 0 Å². The lowest BCUT2D eigenvalue weighted by Crippen LogP contribution is -2.24. The van der Waals surface area contributed by atoms with E-state index >= 15 is 0 Å². The van der Waals surface area contributed by atoms with Gasteiger partial charge in [-0.2, -0.15) is 0 Å². The number of methoxy groups -OCH3 is 1. The molecule has 142 valence electrons. The number of hydrogen-bond acceptors (Lipinski definition) is 3. The van der Waals surface area contributed by atoms with E-state index in [0.717, 1.165) is 17.8 Å². The van der Waals surface area contributed by atoms with E-state index in [-0.39, 0.29) is 11.8 Å². The molecule has 1 aliphatic heterocycles. The first kappa shape index (κ1) is 17.9. The van der Waals surface area contributed by atoms with Gasteiger partial charge in [0.1, 0.15) is 5.75 Å². The summed E-state index contributed by atoms with van der Waals surface area (Å²) in [7, 11) is 1.56. The molecule has 6 heteroatoms. The third kappa shape index (κ3) is 3.49. The van der Waals surface area contributed by atoms with Gasteiger partial charge in [0.15, 0.2) is 0 Å². The molecule has 0 bridgehead atoms. The molecule has 2 aromatic carbocycles. The maximum Gasteiger partial charge on any atom is 0.255 e. The average molecular weight is 375 g/mol. The average Bonchev–Trinajstić information content (AvgIpc) is 3.40. The minimum absolute atomic E-state index is 0.0944. The predicted octanol–water partition coefficient (Wildman–Crippen LogP) is 3.87. The van der Waals surface area contributed by atoms with Crippen LogP contribution in [0.5, 0.6) is 5.75 Å². The fourth-order valence-electron chi connectivity index (χ4n) is 3.40. The summed E-state index contributed by atoms with van der Waals surface area (Å²) in [5.74, 6) is 0.451. The number of carbonyl (C=O) groups is 2. The summed E-state index contributed by atoms with van der Waals surface area (Å²) in [6.45, 7) is 0.688. The summed E-state index contributed by atoms with van der Waals surface area (Å²) in [4.78, 5) is 26.4. The van der Waals surface area contributed by atoms with Crippen LogP contribution in [0.15, 0.2) is 67.0 Å². The number of nitrogens with one attached hydrogen (secondary N) is 1. The molecule has 4 rings (SSSR count). The van der Waals surface area contributed by atoms with Crippen molar-refractivity contribution in [2.45, 2.75) is 12.8 Å². The van der Waals surface area contributed by atoms with Crippen molar-refractivity contribution >= 4 is 23.2 Å². The molecule has 1 aliphatic rings. The van der Waals surface area contributed by atoms with E-state index in [9.17, 15) is 9.59 Å². The Kier molecular flexibility index (Phi) is 4.85. The number of nitrogens with zero attached hydrogens (tertiary/aromatic N) is 2. The Hall–Kier alpha value is -3.54. The predicted molar refractivity (Wildman–Crippen MR) is 108 cm³/mol. The summed E-state index contributed by atoms with van der Waals surface area (Å²) >= 11 is 0. The molecule has 0 unspecified atom stereocenters. The fraction of sp³-hybridized carbons (Fsp3) is 0.182. The summed E-state index contributed by atoms with van der Waals surface area (Å²) in [5, 5.41) is 2.90. The molecular formula is C22H21N3O3. The van der Waals surface area contributed by atoms with Crippen LogP contribution in [0.2, 0.25) is 0 Å². The Morgan fingerprint density at radius 2 is 1.89 bits per heavy atom. The van der Waals surface area contributed by atoms with Crippen LogP contribution in [0.4, 0.5) is 11.4 Å². The normalized spacial score (nSPS) is 13.6. The molecular weight excluding hydrogens is 354 g/mol. The minimum Gasteiger partial charge on any atom is -0.494 e. The second-order valence-corrected chi connectivity index (χ2v) is 6.63. The van der Waals surface area contributed by atoms with Crippen LogP contribution in [-0.4, -0.2) is 30.0 Å². The number of benzene rings is 2. The molecule has 0 atom stereocenters. The number of amides is 2. The summed E-state index contributed by atoms with van der Waals surface area (Å²) < 4.78 is 7.40. The number of ether oxygens (including phenoxy) is 1. The quantitative estimate of drug-likeness (QED) is 0.736. The molecule has 0 aliphatic carbocycles. The van der Waals surface area contributed by atoms with Gasteiger partial charge in [-0.3, -0.25) is 9.59 Å². The maximum atomic E-state index is 12.7. The smallest absolute Gasteiger partial charge is 0.255 e. The summed E-state index contributed by atoms with van der Waals surface area (Å²) in [5.41, 5.74) is 2.82. The highest BCUT2D eigenvalue weighted by molar-refractivity contribution is 6.05. The summed E-state index contributed by atoms with van der Waals surface area (Å²) in [6, 6.07) is 16.6. The number of anilines is 2. The van der Waals surface area contributed by atoms with Crippen LogP contribution in [-0.2, 0) is 4.79 Å². The second-order valence-electron chi connectivity index (χ2n) is 6.63. The van der Waals surface area contributed by atoms with Gasteiger partial charge in [0, 0.05) is 48.4 Å². The van der Waals surface area contributed by atoms with Crippen LogP contribution < -0.4 is 15.0 Å². The van der Waals surface area contributed by atoms with E-state index in [1.807, 2.05) is 53.4 Å². The first-order valence-electron chi connectivity index (χ1n) is 9.19. The molecule has 1 saturated heterocycles. The van der Waals surface area contributed by atoms with Gasteiger partial charge in [0.25, 0.3) is 5.91 Å². The molecule has 0 saturated carbocycles. The molecule has 28 heavy (non-hydrogen) atoms. The van der Waals surface area contributed by atoms with E-state index < -0.39 is 0 Å². The third-order valence-corrected chi connectivity index (χ3v) is 4.81. The van der Waals surface area contributed by atoms with Crippen molar-refractivity contribution < 1.29 is 14.3 Å². The van der Waals surface area contributed by atoms with Gasteiger partial charge in [0.2, 0.25) is 5.91 Å². The lowest BCUT2D eigenvalue weighted by molar-refractivity contribution is -0.117. The number of hydrogen-bond donors (Lipinski definition) is 1. The number of aromatic nitrogens is 1. The number of carbonyl (C=O) groups excluding carboxylic acids is 2. The molecule has 0 radical (unpaired) electrons. The van der Waals surface area contributed by atoms with Crippen molar-refractivity contribution in [3.63, 3.8) is 0 Å². The lowest BCUT2D eigenvalue weighted by Gasteiger charge is -2.19. The van der Waals surface area contributed by atoms with Crippen molar-refractivity contribution in [2.24, 2.45) is 0 Å². The Bertz CT molecular complexity index is 1010. The molecule has 0 spiro atoms. The summed E-state index contributed by atoms with van der Waals surface area (Å²) in [6.07, 6.45) is 5.26. The zero-order valence-corrected chi connectivity index (χ0v) is 15.6. The Morgan fingerprint density at radius 1 is 1.07 bits per heavy atom. The molecule has 1 N–H and O–H groups in total. The molecule has 3 aromatic rings. The topological polar surface area (TPSA) is 63.6 Å². The van der Waals surface area contributed by atoms with Gasteiger partial charge in [0.05, 0.1) is 12.8 Å². The van der Waals surface area contributed by atoms with Gasteiger partial charge in [-0.05, 0) is 48.9 Å². The Morgan fingerprint density at radius 3 is 2.61 bits per heavy atom. The molecule has 1 fully saturated rings. The van der Waals surface area contributed by atoms with Gasteiger partial charge in [-0.15, -0.1) is 0 Å². The highest BCUT2D eigenvalue weighted by atomic mass is 16.5. The van der Waals surface area contributed by atoms with Crippen molar-refractivity contribution in [2.75, 3.05) is 23.9 Å². The van der Waals surface area contributed by atoms with Crippen LogP contribution >= 0.6 is 0 Å². The second kappa shape index (κ2) is 7.60. The zero-order valence-electron chi connectivity index (χ0n) is 15.6. The van der Waals surface area contributed by atoms with Gasteiger partial charge >= 0.3 is 0 Å². The Balaban J connectivity index is 1.55. The molecule has 2 heterocycles.